The molecule has 35 heavy (non-hydrogen) atoms. The van der Waals surface area contributed by atoms with Gasteiger partial charge in [0.25, 0.3) is 0 Å². The van der Waals surface area contributed by atoms with Gasteiger partial charge in [-0.2, -0.15) is 0 Å². The molecular formula is C27H42N2O6. The topological polar surface area (TPSA) is 96.4 Å². The molecule has 2 amide bonds. The summed E-state index contributed by atoms with van der Waals surface area (Å²) in [5.41, 5.74) is -1.97. The Hall–Kier alpha value is -2.19. The largest absolute Gasteiger partial charge is 0.465 e. The summed E-state index contributed by atoms with van der Waals surface area (Å²) in [6, 6.07) is -1.48. The highest BCUT2D eigenvalue weighted by atomic mass is 16.6. The van der Waals surface area contributed by atoms with E-state index in [0.29, 0.717) is 32.4 Å². The van der Waals surface area contributed by atoms with E-state index in [1.54, 1.807) is 17.9 Å². The van der Waals surface area contributed by atoms with Crippen molar-refractivity contribution in [3.8, 4) is 0 Å². The first kappa shape index (κ1) is 27.4. The van der Waals surface area contributed by atoms with Crippen molar-refractivity contribution in [2.24, 2.45) is 11.8 Å². The molecule has 3 heterocycles. The van der Waals surface area contributed by atoms with E-state index in [-0.39, 0.29) is 25.0 Å². The number of rotatable bonds is 14. The Bertz CT molecular complexity index is 830. The molecule has 0 aromatic carbocycles. The Morgan fingerprint density at radius 3 is 2.66 bits per heavy atom. The van der Waals surface area contributed by atoms with Crippen LogP contribution in [0.15, 0.2) is 25.3 Å². The van der Waals surface area contributed by atoms with Crippen LogP contribution in [0.1, 0.15) is 65.7 Å². The molecule has 3 rings (SSSR count). The van der Waals surface area contributed by atoms with Crippen molar-refractivity contribution in [2.45, 2.75) is 89.0 Å². The van der Waals surface area contributed by atoms with Crippen molar-refractivity contribution in [1.82, 2.24) is 9.80 Å². The number of unbranched alkanes of at least 4 members (excludes halogenated alkanes) is 3. The maximum atomic E-state index is 14.0. The van der Waals surface area contributed by atoms with E-state index in [9.17, 15) is 19.5 Å². The van der Waals surface area contributed by atoms with Gasteiger partial charge in [-0.3, -0.25) is 14.4 Å². The molecule has 0 aromatic rings. The zero-order valence-electron chi connectivity index (χ0n) is 21.5. The van der Waals surface area contributed by atoms with Gasteiger partial charge in [-0.1, -0.05) is 25.5 Å². The lowest BCUT2D eigenvalue weighted by atomic mass is 9.66. The average molecular weight is 491 g/mol. The van der Waals surface area contributed by atoms with Crippen molar-refractivity contribution >= 4 is 17.8 Å². The lowest BCUT2D eigenvalue weighted by molar-refractivity contribution is -0.161. The molecule has 196 valence electrons. The van der Waals surface area contributed by atoms with Crippen molar-refractivity contribution < 1.29 is 29.0 Å². The smallest absolute Gasteiger partial charge is 0.312 e. The number of ether oxygens (including phenoxy) is 2. The van der Waals surface area contributed by atoms with Crippen molar-refractivity contribution in [2.75, 3.05) is 26.3 Å². The zero-order chi connectivity index (χ0) is 25.8. The Kier molecular flexibility index (Phi) is 8.81. The summed E-state index contributed by atoms with van der Waals surface area (Å²) in [6.45, 7) is 14.0. The molecule has 8 nitrogen and oxygen atoms in total. The lowest BCUT2D eigenvalue weighted by Crippen LogP contribution is -2.58. The molecule has 3 aliphatic heterocycles. The molecule has 3 saturated heterocycles. The first-order valence-corrected chi connectivity index (χ1v) is 13.0. The highest BCUT2D eigenvalue weighted by Crippen LogP contribution is 2.63. The van der Waals surface area contributed by atoms with Gasteiger partial charge in [0.2, 0.25) is 11.8 Å². The SMILES string of the molecule is C=CCCCCOC(=O)[C@@H]1[C@H]2C(=O)N([C@H](C)CO)C(C(=O)N(CC=C)CCCC)C23CC[C@@]1(C)O3. The Balaban J connectivity index is 1.94. The van der Waals surface area contributed by atoms with Crippen LogP contribution >= 0.6 is 0 Å². The summed E-state index contributed by atoms with van der Waals surface area (Å²) < 4.78 is 12.2. The minimum Gasteiger partial charge on any atom is -0.465 e. The number of amides is 2. The Morgan fingerprint density at radius 1 is 1.29 bits per heavy atom. The molecule has 3 fully saturated rings. The Labute approximate surface area is 209 Å². The van der Waals surface area contributed by atoms with Gasteiger partial charge in [0.05, 0.1) is 30.8 Å². The maximum absolute atomic E-state index is 14.0. The van der Waals surface area contributed by atoms with Gasteiger partial charge in [0, 0.05) is 13.1 Å². The van der Waals surface area contributed by atoms with Crippen LogP contribution in [0.2, 0.25) is 0 Å². The fourth-order valence-electron chi connectivity index (χ4n) is 6.19. The minimum absolute atomic E-state index is 0.211. The maximum Gasteiger partial charge on any atom is 0.312 e. The molecule has 3 aliphatic rings. The number of aliphatic hydroxyl groups is 1. The van der Waals surface area contributed by atoms with Crippen LogP contribution in [0.5, 0.6) is 0 Å². The predicted octanol–water partition coefficient (Wildman–Crippen LogP) is 2.85. The van der Waals surface area contributed by atoms with E-state index in [1.165, 1.54) is 4.90 Å². The number of carbonyl (C=O) groups excluding carboxylic acids is 3. The summed E-state index contributed by atoms with van der Waals surface area (Å²) in [7, 11) is 0. The second kappa shape index (κ2) is 11.2. The molecular weight excluding hydrogens is 448 g/mol. The number of allylic oxidation sites excluding steroid dienone is 1. The number of fused-ring (bicyclic) bond motifs is 1. The zero-order valence-corrected chi connectivity index (χ0v) is 21.5. The van der Waals surface area contributed by atoms with Crippen LogP contribution in [0, 0.1) is 11.8 Å². The first-order valence-electron chi connectivity index (χ1n) is 13.0. The molecule has 2 unspecified atom stereocenters. The van der Waals surface area contributed by atoms with E-state index in [1.807, 2.05) is 13.0 Å². The quantitative estimate of drug-likeness (QED) is 0.229. The van der Waals surface area contributed by atoms with Gasteiger partial charge in [-0.15, -0.1) is 13.2 Å². The second-order valence-electron chi connectivity index (χ2n) is 10.4. The van der Waals surface area contributed by atoms with Crippen molar-refractivity contribution in [3.63, 3.8) is 0 Å². The predicted molar refractivity (Wildman–Crippen MR) is 132 cm³/mol. The molecule has 1 N–H and O–H groups in total. The van der Waals surface area contributed by atoms with Gasteiger partial charge in [0.15, 0.2) is 0 Å². The van der Waals surface area contributed by atoms with Crippen LogP contribution in [-0.2, 0) is 23.9 Å². The lowest BCUT2D eigenvalue weighted by Gasteiger charge is -2.38. The fourth-order valence-corrected chi connectivity index (χ4v) is 6.19. The number of carbonyl (C=O) groups is 3. The summed E-state index contributed by atoms with van der Waals surface area (Å²) >= 11 is 0. The fraction of sp³-hybridized carbons (Fsp3) is 0.741. The summed E-state index contributed by atoms with van der Waals surface area (Å²) in [4.78, 5) is 44.4. The number of aliphatic hydroxyl groups excluding tert-OH is 1. The highest BCUT2D eigenvalue weighted by molar-refractivity contribution is 5.98. The third-order valence-electron chi connectivity index (χ3n) is 7.93. The first-order chi connectivity index (χ1) is 16.7. The minimum atomic E-state index is -1.11. The Morgan fingerprint density at radius 2 is 2.03 bits per heavy atom. The van der Waals surface area contributed by atoms with Crippen LogP contribution in [0.4, 0.5) is 0 Å². The number of esters is 1. The molecule has 8 heteroatoms. The van der Waals surface area contributed by atoms with Crippen molar-refractivity contribution in [3.05, 3.63) is 25.3 Å². The molecule has 6 atom stereocenters. The standard InChI is InChI=1S/C27H42N2O6/c1-6-9-11-12-17-34-25(33)21-20-23(31)29(19(4)18-30)22(27(20)14-13-26(21,5)35-27)24(32)28(15-8-3)16-10-7-2/h6,8,19-22,30H,1,3,7,9-18H2,2,4-5H3/t19-,20+,21+,22?,26-,27?/m1/s1. The average Bonchev–Trinajstić information content (AvgIpc) is 3.41. The number of likely N-dealkylation sites (tertiary alicyclic amines) is 1. The van der Waals surface area contributed by atoms with Gasteiger partial charge in [-0.25, -0.2) is 0 Å². The third-order valence-corrected chi connectivity index (χ3v) is 7.93. The number of nitrogens with zero attached hydrogens (tertiary/aromatic N) is 2. The van der Waals surface area contributed by atoms with Gasteiger partial charge in [-0.05, 0) is 52.4 Å². The molecule has 0 saturated carbocycles. The summed E-state index contributed by atoms with van der Waals surface area (Å²) in [5, 5.41) is 9.96. The van der Waals surface area contributed by atoms with E-state index in [0.717, 1.165) is 25.7 Å². The summed E-state index contributed by atoms with van der Waals surface area (Å²) in [5.74, 6) is -2.54. The van der Waals surface area contributed by atoms with Gasteiger partial charge >= 0.3 is 5.97 Å². The number of hydrogen-bond donors (Lipinski definition) is 1. The van der Waals surface area contributed by atoms with Crippen LogP contribution in [-0.4, -0.2) is 82.3 Å². The van der Waals surface area contributed by atoms with E-state index in [2.05, 4.69) is 20.1 Å². The normalized spacial score (nSPS) is 31.8. The molecule has 0 aromatic heterocycles. The summed E-state index contributed by atoms with van der Waals surface area (Å²) in [6.07, 6.45) is 8.76. The molecule has 2 bridgehead atoms. The molecule has 0 aliphatic carbocycles. The monoisotopic (exact) mass is 490 g/mol. The highest BCUT2D eigenvalue weighted by Gasteiger charge is 2.78. The van der Waals surface area contributed by atoms with Gasteiger partial charge < -0.3 is 24.4 Å². The van der Waals surface area contributed by atoms with Crippen LogP contribution < -0.4 is 0 Å². The number of hydrogen-bond acceptors (Lipinski definition) is 6. The van der Waals surface area contributed by atoms with Gasteiger partial charge in [0.1, 0.15) is 17.6 Å². The van der Waals surface area contributed by atoms with E-state index in [4.69, 9.17) is 9.47 Å². The van der Waals surface area contributed by atoms with E-state index < -0.39 is 41.1 Å². The van der Waals surface area contributed by atoms with Crippen LogP contribution in [0.25, 0.3) is 0 Å². The van der Waals surface area contributed by atoms with Crippen LogP contribution in [0.3, 0.4) is 0 Å². The molecule has 1 spiro atoms. The molecule has 0 radical (unpaired) electrons. The van der Waals surface area contributed by atoms with Crippen molar-refractivity contribution in [1.29, 1.82) is 0 Å². The third kappa shape index (κ3) is 4.79. The van der Waals surface area contributed by atoms with E-state index >= 15 is 0 Å². The second-order valence-corrected chi connectivity index (χ2v) is 10.4.